The minimum atomic E-state index is -1.10. The van der Waals surface area contributed by atoms with Crippen molar-refractivity contribution in [1.29, 1.82) is 0 Å². The molecular weight excluding hydrogens is 444 g/mol. The summed E-state index contributed by atoms with van der Waals surface area (Å²) in [7, 11) is 0. The second-order valence-electron chi connectivity index (χ2n) is 9.64. The predicted octanol–water partition coefficient (Wildman–Crippen LogP) is 5.28. The molecule has 4 rings (SSSR count). The molecule has 0 fully saturated rings. The predicted molar refractivity (Wildman–Crippen MR) is 133 cm³/mol. The van der Waals surface area contributed by atoms with Crippen molar-refractivity contribution in [2.24, 2.45) is 5.41 Å². The molecule has 2 amide bonds. The van der Waals surface area contributed by atoms with E-state index in [-0.39, 0.29) is 12.5 Å². The van der Waals surface area contributed by atoms with E-state index in [1.165, 1.54) is 12.1 Å². The summed E-state index contributed by atoms with van der Waals surface area (Å²) in [6.07, 6.45) is -0.595. The third-order valence-corrected chi connectivity index (χ3v) is 6.13. The number of amides is 2. The first kappa shape index (κ1) is 24.0. The summed E-state index contributed by atoms with van der Waals surface area (Å²) in [5, 5.41) is 14.6. The Bertz CT molecular complexity index is 1220. The Morgan fingerprint density at radius 2 is 1.43 bits per heavy atom. The van der Waals surface area contributed by atoms with E-state index in [9.17, 15) is 19.5 Å². The highest BCUT2D eigenvalue weighted by Crippen LogP contribution is 2.44. The smallest absolute Gasteiger partial charge is 0.411 e. The summed E-state index contributed by atoms with van der Waals surface area (Å²) < 4.78 is 5.54. The zero-order valence-corrected chi connectivity index (χ0v) is 19.9. The molecule has 0 saturated heterocycles. The first-order valence-electron chi connectivity index (χ1n) is 11.4. The van der Waals surface area contributed by atoms with E-state index >= 15 is 0 Å². The van der Waals surface area contributed by atoms with Gasteiger partial charge in [-0.2, -0.15) is 0 Å². The largest absolute Gasteiger partial charge is 0.480 e. The molecule has 0 radical (unpaired) electrons. The Morgan fingerprint density at radius 3 is 1.94 bits per heavy atom. The highest BCUT2D eigenvalue weighted by atomic mass is 16.5. The van der Waals surface area contributed by atoms with Crippen molar-refractivity contribution in [3.05, 3.63) is 89.5 Å². The van der Waals surface area contributed by atoms with Gasteiger partial charge in [0.1, 0.15) is 12.6 Å². The third kappa shape index (κ3) is 5.19. The second kappa shape index (κ2) is 9.62. The van der Waals surface area contributed by atoms with Crippen molar-refractivity contribution in [2.75, 3.05) is 11.9 Å². The Morgan fingerprint density at radius 1 is 0.886 bits per heavy atom. The lowest BCUT2D eigenvalue weighted by atomic mass is 9.86. The molecule has 7 nitrogen and oxygen atoms in total. The summed E-state index contributed by atoms with van der Waals surface area (Å²) in [5.74, 6) is -1.64. The van der Waals surface area contributed by atoms with Crippen molar-refractivity contribution in [3.63, 3.8) is 0 Å². The summed E-state index contributed by atoms with van der Waals surface area (Å²) >= 11 is 0. The number of anilines is 1. The molecule has 1 atom stereocenters. The maximum atomic E-state index is 12.5. The highest BCUT2D eigenvalue weighted by molar-refractivity contribution is 5.97. The number of ether oxygens (including phenoxy) is 1. The first-order chi connectivity index (χ1) is 16.6. The molecule has 0 aliphatic heterocycles. The van der Waals surface area contributed by atoms with Gasteiger partial charge in [0.05, 0.1) is 0 Å². The van der Waals surface area contributed by atoms with Gasteiger partial charge in [-0.3, -0.25) is 10.1 Å². The van der Waals surface area contributed by atoms with Crippen molar-refractivity contribution >= 4 is 23.7 Å². The molecule has 7 heteroatoms. The van der Waals surface area contributed by atoms with E-state index in [2.05, 4.69) is 34.9 Å². The van der Waals surface area contributed by atoms with E-state index in [1.54, 1.807) is 32.9 Å². The van der Waals surface area contributed by atoms with Gasteiger partial charge in [-0.1, -0.05) is 69.3 Å². The molecule has 0 bridgehead atoms. The summed E-state index contributed by atoms with van der Waals surface area (Å²) in [5.41, 5.74) is 4.68. The molecule has 1 aliphatic carbocycles. The van der Waals surface area contributed by atoms with Gasteiger partial charge in [0.25, 0.3) is 5.91 Å². The summed E-state index contributed by atoms with van der Waals surface area (Å²) in [6, 6.07) is 21.4. The van der Waals surface area contributed by atoms with Crippen LogP contribution >= 0.6 is 0 Å². The molecule has 0 aromatic heterocycles. The van der Waals surface area contributed by atoms with Crippen LogP contribution in [-0.2, 0) is 9.53 Å². The van der Waals surface area contributed by atoms with Crippen LogP contribution in [-0.4, -0.2) is 35.7 Å². The number of carboxylic acids is 1. The maximum absolute atomic E-state index is 12.5. The van der Waals surface area contributed by atoms with Gasteiger partial charge in [-0.05, 0) is 51.9 Å². The van der Waals surface area contributed by atoms with E-state index in [1.807, 2.05) is 24.3 Å². The van der Waals surface area contributed by atoms with Crippen LogP contribution in [0.3, 0.4) is 0 Å². The molecule has 180 valence electrons. The van der Waals surface area contributed by atoms with E-state index in [0.29, 0.717) is 11.3 Å². The Balaban J connectivity index is 1.37. The van der Waals surface area contributed by atoms with E-state index < -0.39 is 29.4 Å². The van der Waals surface area contributed by atoms with Gasteiger partial charge in [0, 0.05) is 17.2 Å². The molecule has 0 unspecified atom stereocenters. The fourth-order valence-electron chi connectivity index (χ4n) is 4.32. The molecular formula is C28H28N2O5. The average molecular weight is 473 g/mol. The SMILES string of the molecule is CC(C)(C)[C@H](NC(=O)c1ccc(NC(=O)OCC2c3ccccc3-c3ccccc32)cc1)C(=O)O. The lowest BCUT2D eigenvalue weighted by Crippen LogP contribution is -2.49. The summed E-state index contributed by atoms with van der Waals surface area (Å²) in [4.78, 5) is 36.5. The third-order valence-electron chi connectivity index (χ3n) is 6.13. The molecule has 35 heavy (non-hydrogen) atoms. The highest BCUT2D eigenvalue weighted by Gasteiger charge is 2.33. The standard InChI is InChI=1S/C28H28N2O5/c1-28(2,3)24(26(32)33)30-25(31)17-12-14-18(15-13-17)29-27(34)35-16-23-21-10-6-4-8-19(21)20-9-5-7-11-22(20)23/h4-15,23-24H,16H2,1-3H3,(H,29,34)(H,30,31)(H,32,33)/t24-/m1/s1. The van der Waals surface area contributed by atoms with Gasteiger partial charge in [0.15, 0.2) is 0 Å². The van der Waals surface area contributed by atoms with Crippen LogP contribution in [0.5, 0.6) is 0 Å². The maximum Gasteiger partial charge on any atom is 0.411 e. The van der Waals surface area contributed by atoms with Crippen molar-refractivity contribution < 1.29 is 24.2 Å². The van der Waals surface area contributed by atoms with Crippen LogP contribution < -0.4 is 10.6 Å². The topological polar surface area (TPSA) is 105 Å². The minimum Gasteiger partial charge on any atom is -0.480 e. The number of hydrogen-bond donors (Lipinski definition) is 3. The zero-order chi connectivity index (χ0) is 25.2. The zero-order valence-electron chi connectivity index (χ0n) is 19.9. The monoisotopic (exact) mass is 472 g/mol. The fourth-order valence-corrected chi connectivity index (χ4v) is 4.32. The van der Waals surface area contributed by atoms with Crippen LogP contribution in [0.4, 0.5) is 10.5 Å². The Hall–Kier alpha value is -4.13. The van der Waals surface area contributed by atoms with Crippen LogP contribution in [0.1, 0.15) is 48.2 Å². The van der Waals surface area contributed by atoms with Crippen molar-refractivity contribution in [1.82, 2.24) is 5.32 Å². The molecule has 3 aromatic carbocycles. The van der Waals surface area contributed by atoms with E-state index in [4.69, 9.17) is 4.74 Å². The molecule has 1 aliphatic rings. The lowest BCUT2D eigenvalue weighted by molar-refractivity contribution is -0.142. The lowest BCUT2D eigenvalue weighted by Gasteiger charge is -2.27. The number of fused-ring (bicyclic) bond motifs is 3. The van der Waals surface area contributed by atoms with Crippen LogP contribution in [0, 0.1) is 5.41 Å². The fraction of sp³-hybridized carbons (Fsp3) is 0.250. The Kier molecular flexibility index (Phi) is 6.60. The molecule has 0 saturated carbocycles. The molecule has 3 aromatic rings. The normalized spacial score (nSPS) is 13.3. The van der Waals surface area contributed by atoms with Crippen molar-refractivity contribution in [2.45, 2.75) is 32.7 Å². The number of carbonyl (C=O) groups excluding carboxylic acids is 2. The second-order valence-corrected chi connectivity index (χ2v) is 9.64. The number of benzene rings is 3. The van der Waals surface area contributed by atoms with Crippen molar-refractivity contribution in [3.8, 4) is 11.1 Å². The Labute approximate surface area is 204 Å². The average Bonchev–Trinajstić information content (AvgIpc) is 3.14. The number of carboxylic acid groups (broad SMARTS) is 1. The first-order valence-corrected chi connectivity index (χ1v) is 11.4. The summed E-state index contributed by atoms with van der Waals surface area (Å²) in [6.45, 7) is 5.43. The quantitative estimate of drug-likeness (QED) is 0.453. The minimum absolute atomic E-state index is 0.0378. The van der Waals surface area contributed by atoms with Gasteiger partial charge in [-0.15, -0.1) is 0 Å². The molecule has 0 spiro atoms. The number of aliphatic carboxylic acids is 1. The van der Waals surface area contributed by atoms with Crippen LogP contribution in [0.15, 0.2) is 72.8 Å². The number of nitrogens with one attached hydrogen (secondary N) is 2. The van der Waals surface area contributed by atoms with E-state index in [0.717, 1.165) is 22.3 Å². The molecule has 0 heterocycles. The van der Waals surface area contributed by atoms with Gasteiger partial charge in [-0.25, -0.2) is 9.59 Å². The number of carbonyl (C=O) groups is 3. The van der Waals surface area contributed by atoms with Gasteiger partial charge < -0.3 is 15.2 Å². The van der Waals surface area contributed by atoms with Crippen LogP contribution in [0.2, 0.25) is 0 Å². The number of rotatable bonds is 6. The van der Waals surface area contributed by atoms with Gasteiger partial charge >= 0.3 is 12.1 Å². The number of hydrogen-bond acceptors (Lipinski definition) is 4. The van der Waals surface area contributed by atoms with Gasteiger partial charge in [0.2, 0.25) is 0 Å². The van der Waals surface area contributed by atoms with Crippen LogP contribution in [0.25, 0.3) is 11.1 Å². The molecule has 3 N–H and O–H groups in total.